The highest BCUT2D eigenvalue weighted by Crippen LogP contribution is 2.04. The van der Waals surface area contributed by atoms with Gasteiger partial charge in [-0.05, 0) is 31.5 Å². The van der Waals surface area contributed by atoms with Crippen molar-refractivity contribution < 1.29 is 4.74 Å². The number of hydrogen-bond donors (Lipinski definition) is 3. The molecule has 6 nitrogen and oxygen atoms in total. The quantitative estimate of drug-likeness (QED) is 0.233. The van der Waals surface area contributed by atoms with E-state index in [9.17, 15) is 0 Å². The molecule has 0 atom stereocenters. The van der Waals surface area contributed by atoms with Gasteiger partial charge < -0.3 is 21.1 Å². The topological polar surface area (TPSA) is 74.9 Å². The van der Waals surface area contributed by atoms with Crippen LogP contribution in [0.2, 0.25) is 0 Å². The molecule has 1 fully saturated rings. The molecular weight excluding hydrogens is 417 g/mol. The van der Waals surface area contributed by atoms with Crippen LogP contribution >= 0.6 is 24.0 Å². The number of nitrogens with one attached hydrogen (secondary N) is 2. The number of aliphatic imine (C=N–C) groups is 1. The van der Waals surface area contributed by atoms with Gasteiger partial charge in [0.1, 0.15) is 0 Å². The van der Waals surface area contributed by atoms with E-state index in [0.29, 0.717) is 5.96 Å². The van der Waals surface area contributed by atoms with E-state index in [-0.39, 0.29) is 24.0 Å². The lowest BCUT2D eigenvalue weighted by Crippen LogP contribution is -2.39. The Morgan fingerprint density at radius 1 is 1.12 bits per heavy atom. The second-order valence-electron chi connectivity index (χ2n) is 5.65. The van der Waals surface area contributed by atoms with Gasteiger partial charge in [0.25, 0.3) is 0 Å². The molecule has 0 amide bonds. The van der Waals surface area contributed by atoms with Crippen LogP contribution in [0.15, 0.2) is 35.3 Å². The van der Waals surface area contributed by atoms with Gasteiger partial charge in [-0.1, -0.05) is 18.2 Å². The van der Waals surface area contributed by atoms with Crippen molar-refractivity contribution in [3.8, 4) is 0 Å². The summed E-state index contributed by atoms with van der Waals surface area (Å²) < 4.78 is 5.34. The number of para-hydroxylation sites is 1. The van der Waals surface area contributed by atoms with E-state index >= 15 is 0 Å². The van der Waals surface area contributed by atoms with Gasteiger partial charge in [0.2, 0.25) is 0 Å². The van der Waals surface area contributed by atoms with Gasteiger partial charge in [0, 0.05) is 38.4 Å². The predicted molar refractivity (Wildman–Crippen MR) is 111 cm³/mol. The molecule has 1 aliphatic rings. The fraction of sp³-hybridized carbons (Fsp3) is 0.588. The summed E-state index contributed by atoms with van der Waals surface area (Å²) in [5.74, 6) is 0.548. The van der Waals surface area contributed by atoms with Crippen LogP contribution in [0.1, 0.15) is 12.8 Å². The molecule has 0 radical (unpaired) electrons. The lowest BCUT2D eigenvalue weighted by molar-refractivity contribution is 0.0376. The Bertz CT molecular complexity index is 452. The van der Waals surface area contributed by atoms with Crippen LogP contribution in [0, 0.1) is 0 Å². The van der Waals surface area contributed by atoms with Crippen LogP contribution in [0.25, 0.3) is 0 Å². The summed E-state index contributed by atoms with van der Waals surface area (Å²) in [6, 6.07) is 10.2. The molecule has 7 heteroatoms. The first-order valence-electron chi connectivity index (χ1n) is 8.47. The molecule has 4 N–H and O–H groups in total. The fourth-order valence-corrected chi connectivity index (χ4v) is 2.47. The maximum absolute atomic E-state index is 5.87. The van der Waals surface area contributed by atoms with Crippen molar-refractivity contribution in [3.05, 3.63) is 30.3 Å². The number of benzene rings is 1. The molecular formula is C17H30IN5O. The van der Waals surface area contributed by atoms with E-state index in [0.717, 1.165) is 71.0 Å². The smallest absolute Gasteiger partial charge is 0.188 e. The molecule has 136 valence electrons. The van der Waals surface area contributed by atoms with Crippen molar-refractivity contribution in [1.29, 1.82) is 0 Å². The Kier molecular flexibility index (Phi) is 11.6. The van der Waals surface area contributed by atoms with Gasteiger partial charge in [0.15, 0.2) is 5.96 Å². The summed E-state index contributed by atoms with van der Waals surface area (Å²) in [7, 11) is 0. The molecule has 0 spiro atoms. The molecule has 2 rings (SSSR count). The first kappa shape index (κ1) is 21.0. The summed E-state index contributed by atoms with van der Waals surface area (Å²) in [5.41, 5.74) is 7.02. The van der Waals surface area contributed by atoms with Gasteiger partial charge in [0.05, 0.1) is 13.2 Å². The average Bonchev–Trinajstić information content (AvgIpc) is 2.60. The number of hydrogen-bond acceptors (Lipinski definition) is 4. The molecule has 1 saturated heterocycles. The molecule has 1 heterocycles. The number of halogens is 1. The average molecular weight is 447 g/mol. The zero-order valence-electron chi connectivity index (χ0n) is 14.2. The Hall–Kier alpha value is -1.06. The second-order valence-corrected chi connectivity index (χ2v) is 5.65. The highest BCUT2D eigenvalue weighted by atomic mass is 127. The van der Waals surface area contributed by atoms with Gasteiger partial charge >= 0.3 is 0 Å². The number of guanidine groups is 1. The first-order chi connectivity index (χ1) is 11.3. The van der Waals surface area contributed by atoms with Gasteiger partial charge in [-0.25, -0.2) is 0 Å². The number of nitrogens with two attached hydrogens (primary N) is 1. The van der Waals surface area contributed by atoms with Crippen molar-refractivity contribution in [2.24, 2.45) is 10.7 Å². The van der Waals surface area contributed by atoms with E-state index < -0.39 is 0 Å². The van der Waals surface area contributed by atoms with Gasteiger partial charge in [-0.2, -0.15) is 0 Å². The number of rotatable bonds is 9. The minimum atomic E-state index is 0. The minimum Gasteiger partial charge on any atom is -0.385 e. The zero-order valence-corrected chi connectivity index (χ0v) is 16.6. The molecule has 0 saturated carbocycles. The van der Waals surface area contributed by atoms with Crippen molar-refractivity contribution in [3.63, 3.8) is 0 Å². The van der Waals surface area contributed by atoms with Gasteiger partial charge in [-0.3, -0.25) is 9.89 Å². The van der Waals surface area contributed by atoms with E-state index in [1.807, 2.05) is 18.2 Å². The lowest BCUT2D eigenvalue weighted by atomic mass is 10.3. The SMILES string of the molecule is I.NC(=NCCCNc1ccccc1)NCCCN1CCOCC1. The summed E-state index contributed by atoms with van der Waals surface area (Å²) in [6.07, 6.45) is 2.04. The van der Waals surface area contributed by atoms with E-state index in [2.05, 4.69) is 32.7 Å². The highest BCUT2D eigenvalue weighted by Gasteiger charge is 2.08. The summed E-state index contributed by atoms with van der Waals surface area (Å²) in [6.45, 7) is 7.39. The minimum absolute atomic E-state index is 0. The number of morpholine rings is 1. The third kappa shape index (κ3) is 9.29. The van der Waals surface area contributed by atoms with Crippen LogP contribution in [0.4, 0.5) is 5.69 Å². The standard InChI is InChI=1S/C17H29N5O.HI/c18-17(21-10-5-11-22-12-14-23-15-13-22)20-9-4-8-19-16-6-2-1-3-7-16;/h1-3,6-7,19H,4-5,8-15H2,(H3,18,20,21);1H. The normalized spacial score (nSPS) is 15.6. The zero-order chi connectivity index (χ0) is 16.2. The van der Waals surface area contributed by atoms with Crippen LogP contribution in [-0.4, -0.2) is 63.3 Å². The third-order valence-electron chi connectivity index (χ3n) is 3.78. The summed E-state index contributed by atoms with van der Waals surface area (Å²) in [4.78, 5) is 6.77. The van der Waals surface area contributed by atoms with Crippen LogP contribution in [-0.2, 0) is 4.74 Å². The summed E-state index contributed by atoms with van der Waals surface area (Å²) >= 11 is 0. The largest absolute Gasteiger partial charge is 0.385 e. The highest BCUT2D eigenvalue weighted by molar-refractivity contribution is 14.0. The van der Waals surface area contributed by atoms with E-state index in [1.165, 1.54) is 0 Å². The monoisotopic (exact) mass is 447 g/mol. The maximum Gasteiger partial charge on any atom is 0.188 e. The van der Waals surface area contributed by atoms with E-state index in [1.54, 1.807) is 0 Å². The number of nitrogens with zero attached hydrogens (tertiary/aromatic N) is 2. The first-order valence-corrected chi connectivity index (χ1v) is 8.47. The molecule has 1 aromatic rings. The van der Waals surface area contributed by atoms with Gasteiger partial charge in [-0.15, -0.1) is 24.0 Å². The Labute approximate surface area is 162 Å². The molecule has 1 aromatic carbocycles. The predicted octanol–water partition coefficient (Wildman–Crippen LogP) is 1.73. The van der Waals surface area contributed by atoms with Crippen LogP contribution in [0.3, 0.4) is 0 Å². The lowest BCUT2D eigenvalue weighted by Gasteiger charge is -2.26. The molecule has 0 unspecified atom stereocenters. The molecule has 24 heavy (non-hydrogen) atoms. The van der Waals surface area contributed by atoms with Crippen molar-refractivity contribution >= 4 is 35.6 Å². The molecule has 0 aromatic heterocycles. The van der Waals surface area contributed by atoms with E-state index in [4.69, 9.17) is 10.5 Å². The van der Waals surface area contributed by atoms with Crippen LogP contribution < -0.4 is 16.4 Å². The molecule has 0 bridgehead atoms. The molecule has 1 aliphatic heterocycles. The second kappa shape index (κ2) is 13.3. The number of ether oxygens (including phenoxy) is 1. The Morgan fingerprint density at radius 2 is 1.88 bits per heavy atom. The third-order valence-corrected chi connectivity index (χ3v) is 3.78. The maximum atomic E-state index is 5.87. The fourth-order valence-electron chi connectivity index (χ4n) is 2.47. The Morgan fingerprint density at radius 3 is 2.62 bits per heavy atom. The van der Waals surface area contributed by atoms with Crippen molar-refractivity contribution in [1.82, 2.24) is 10.2 Å². The van der Waals surface area contributed by atoms with Crippen molar-refractivity contribution in [2.45, 2.75) is 12.8 Å². The number of anilines is 1. The molecule has 0 aliphatic carbocycles. The summed E-state index contributed by atoms with van der Waals surface area (Å²) in [5, 5.41) is 6.54. The van der Waals surface area contributed by atoms with Crippen LogP contribution in [0.5, 0.6) is 0 Å². The Balaban J connectivity index is 0.00000288. The van der Waals surface area contributed by atoms with Crippen molar-refractivity contribution in [2.75, 3.05) is 57.8 Å².